The van der Waals surface area contributed by atoms with Crippen molar-refractivity contribution in [2.75, 3.05) is 6.61 Å². The lowest BCUT2D eigenvalue weighted by Crippen LogP contribution is -2.32. The van der Waals surface area contributed by atoms with Crippen molar-refractivity contribution < 1.29 is 4.74 Å². The molecule has 2 atom stereocenters. The van der Waals surface area contributed by atoms with Crippen LogP contribution in [-0.4, -0.2) is 12.6 Å². The molecule has 1 aromatic carbocycles. The number of benzene rings is 1. The number of rotatable bonds is 7. The van der Waals surface area contributed by atoms with Crippen LogP contribution in [0.1, 0.15) is 58.1 Å². The smallest absolute Gasteiger partial charge is 0.119 e. The van der Waals surface area contributed by atoms with Crippen LogP contribution < -0.4 is 10.1 Å². The molecule has 106 valence electrons. The zero-order chi connectivity index (χ0) is 13.7. The van der Waals surface area contributed by atoms with Crippen molar-refractivity contribution in [2.45, 2.75) is 58.5 Å². The Hall–Kier alpha value is -1.02. The van der Waals surface area contributed by atoms with E-state index in [1.54, 1.807) is 0 Å². The van der Waals surface area contributed by atoms with Crippen molar-refractivity contribution in [2.24, 2.45) is 5.92 Å². The summed E-state index contributed by atoms with van der Waals surface area (Å²) in [6.45, 7) is 7.29. The molecular weight excluding hydrogens is 234 g/mol. The van der Waals surface area contributed by atoms with E-state index in [4.69, 9.17) is 4.74 Å². The third-order valence-corrected chi connectivity index (χ3v) is 4.14. The third kappa shape index (κ3) is 4.24. The minimum atomic E-state index is 0.408. The molecule has 0 spiro atoms. The molecule has 1 aliphatic carbocycles. The summed E-state index contributed by atoms with van der Waals surface area (Å²) in [6.07, 6.45) is 5.63. The van der Waals surface area contributed by atoms with Crippen molar-refractivity contribution >= 4 is 0 Å². The van der Waals surface area contributed by atoms with Gasteiger partial charge in [0, 0.05) is 12.1 Å². The van der Waals surface area contributed by atoms with Gasteiger partial charge in [0.2, 0.25) is 0 Å². The van der Waals surface area contributed by atoms with E-state index in [1.165, 1.54) is 31.2 Å². The van der Waals surface area contributed by atoms with E-state index in [1.807, 2.05) is 6.92 Å². The molecule has 0 saturated heterocycles. The number of hydrogen-bond acceptors (Lipinski definition) is 2. The predicted molar refractivity (Wildman–Crippen MR) is 80.6 cm³/mol. The van der Waals surface area contributed by atoms with E-state index in [0.717, 1.165) is 18.3 Å². The maximum atomic E-state index is 5.48. The second kappa shape index (κ2) is 6.95. The standard InChI is InChI=1S/C17H27NO/c1-4-19-17-10-8-16(9-11-17)14(3)18-13(2)12-15-6-5-7-15/h8-11,13-15,18H,4-7,12H2,1-3H3. The van der Waals surface area contributed by atoms with Crippen molar-refractivity contribution in [3.8, 4) is 5.75 Å². The normalized spacial score (nSPS) is 18.7. The van der Waals surface area contributed by atoms with E-state index in [2.05, 4.69) is 43.4 Å². The van der Waals surface area contributed by atoms with Gasteiger partial charge in [-0.2, -0.15) is 0 Å². The molecule has 0 bridgehead atoms. The van der Waals surface area contributed by atoms with Crippen LogP contribution in [0.4, 0.5) is 0 Å². The van der Waals surface area contributed by atoms with E-state index in [-0.39, 0.29) is 0 Å². The lowest BCUT2D eigenvalue weighted by molar-refractivity contribution is 0.259. The van der Waals surface area contributed by atoms with Crippen LogP contribution in [-0.2, 0) is 0 Å². The van der Waals surface area contributed by atoms with Gasteiger partial charge in [-0.25, -0.2) is 0 Å². The third-order valence-electron chi connectivity index (χ3n) is 4.14. The highest BCUT2D eigenvalue weighted by Crippen LogP contribution is 2.31. The van der Waals surface area contributed by atoms with Gasteiger partial charge in [0.15, 0.2) is 0 Å². The molecular formula is C17H27NO. The summed E-state index contributed by atoms with van der Waals surface area (Å²) in [7, 11) is 0. The van der Waals surface area contributed by atoms with Gasteiger partial charge in [-0.1, -0.05) is 31.4 Å². The summed E-state index contributed by atoms with van der Waals surface area (Å²) in [5.41, 5.74) is 1.34. The Morgan fingerprint density at radius 2 is 1.89 bits per heavy atom. The largest absolute Gasteiger partial charge is 0.494 e. The molecule has 0 amide bonds. The van der Waals surface area contributed by atoms with E-state index in [0.29, 0.717) is 12.1 Å². The molecule has 19 heavy (non-hydrogen) atoms. The fourth-order valence-electron chi connectivity index (χ4n) is 2.84. The Balaban J connectivity index is 1.82. The predicted octanol–water partition coefficient (Wildman–Crippen LogP) is 4.31. The SMILES string of the molecule is CCOc1ccc(C(C)NC(C)CC2CCC2)cc1. The van der Waals surface area contributed by atoms with Crippen molar-refractivity contribution in [3.63, 3.8) is 0 Å². The molecule has 2 unspecified atom stereocenters. The Labute approximate surface area is 117 Å². The first kappa shape index (κ1) is 14.4. The number of nitrogens with one attached hydrogen (secondary N) is 1. The first-order valence-corrected chi connectivity index (χ1v) is 7.67. The average molecular weight is 261 g/mol. The quantitative estimate of drug-likeness (QED) is 0.789. The lowest BCUT2D eigenvalue weighted by Gasteiger charge is -2.30. The van der Waals surface area contributed by atoms with Gasteiger partial charge in [0.05, 0.1) is 6.61 Å². The summed E-state index contributed by atoms with van der Waals surface area (Å²) in [4.78, 5) is 0. The maximum Gasteiger partial charge on any atom is 0.119 e. The summed E-state index contributed by atoms with van der Waals surface area (Å²) in [5.74, 6) is 1.93. The number of hydrogen-bond donors (Lipinski definition) is 1. The first-order valence-electron chi connectivity index (χ1n) is 7.67. The molecule has 1 fully saturated rings. The fourth-order valence-corrected chi connectivity index (χ4v) is 2.84. The summed E-state index contributed by atoms with van der Waals surface area (Å²) in [5, 5.41) is 3.71. The van der Waals surface area contributed by atoms with Crippen molar-refractivity contribution in [3.05, 3.63) is 29.8 Å². The molecule has 2 heteroatoms. The van der Waals surface area contributed by atoms with Gasteiger partial charge < -0.3 is 10.1 Å². The van der Waals surface area contributed by atoms with Gasteiger partial charge >= 0.3 is 0 Å². The topological polar surface area (TPSA) is 21.3 Å². The van der Waals surface area contributed by atoms with Gasteiger partial charge in [0.25, 0.3) is 0 Å². The maximum absolute atomic E-state index is 5.48. The van der Waals surface area contributed by atoms with Crippen LogP contribution in [0.3, 0.4) is 0 Å². The highest BCUT2D eigenvalue weighted by atomic mass is 16.5. The zero-order valence-corrected chi connectivity index (χ0v) is 12.5. The molecule has 2 rings (SSSR count). The molecule has 0 aliphatic heterocycles. The van der Waals surface area contributed by atoms with Crippen LogP contribution >= 0.6 is 0 Å². The molecule has 0 aromatic heterocycles. The summed E-state index contributed by atoms with van der Waals surface area (Å²) < 4.78 is 5.48. The van der Waals surface area contributed by atoms with Crippen LogP contribution in [0, 0.1) is 5.92 Å². The van der Waals surface area contributed by atoms with Crippen LogP contribution in [0.2, 0.25) is 0 Å². The minimum Gasteiger partial charge on any atom is -0.494 e. The highest BCUT2D eigenvalue weighted by molar-refractivity contribution is 5.28. The van der Waals surface area contributed by atoms with E-state index >= 15 is 0 Å². The lowest BCUT2D eigenvalue weighted by atomic mass is 9.81. The summed E-state index contributed by atoms with van der Waals surface area (Å²) >= 11 is 0. The zero-order valence-electron chi connectivity index (χ0n) is 12.5. The Morgan fingerprint density at radius 1 is 1.21 bits per heavy atom. The second-order valence-corrected chi connectivity index (χ2v) is 5.82. The van der Waals surface area contributed by atoms with E-state index < -0.39 is 0 Å². The van der Waals surface area contributed by atoms with Gasteiger partial charge in [0.1, 0.15) is 5.75 Å². The fraction of sp³-hybridized carbons (Fsp3) is 0.647. The van der Waals surface area contributed by atoms with Gasteiger partial charge in [-0.15, -0.1) is 0 Å². The Kier molecular flexibility index (Phi) is 5.26. The second-order valence-electron chi connectivity index (χ2n) is 5.82. The molecule has 1 saturated carbocycles. The minimum absolute atomic E-state index is 0.408. The summed E-state index contributed by atoms with van der Waals surface area (Å²) in [6, 6.07) is 9.47. The van der Waals surface area contributed by atoms with Gasteiger partial charge in [-0.05, 0) is 50.8 Å². The molecule has 1 N–H and O–H groups in total. The molecule has 1 aliphatic rings. The monoisotopic (exact) mass is 261 g/mol. The van der Waals surface area contributed by atoms with Crippen molar-refractivity contribution in [1.29, 1.82) is 0 Å². The molecule has 0 radical (unpaired) electrons. The Morgan fingerprint density at radius 3 is 2.42 bits per heavy atom. The van der Waals surface area contributed by atoms with Gasteiger partial charge in [-0.3, -0.25) is 0 Å². The first-order chi connectivity index (χ1) is 9.19. The van der Waals surface area contributed by atoms with Crippen LogP contribution in [0.5, 0.6) is 5.75 Å². The molecule has 2 nitrogen and oxygen atoms in total. The van der Waals surface area contributed by atoms with Crippen LogP contribution in [0.25, 0.3) is 0 Å². The number of ether oxygens (including phenoxy) is 1. The highest BCUT2D eigenvalue weighted by Gasteiger charge is 2.20. The molecule has 1 aromatic rings. The average Bonchev–Trinajstić information content (AvgIpc) is 2.35. The van der Waals surface area contributed by atoms with E-state index in [9.17, 15) is 0 Å². The van der Waals surface area contributed by atoms with Crippen molar-refractivity contribution in [1.82, 2.24) is 5.32 Å². The van der Waals surface area contributed by atoms with Crippen LogP contribution in [0.15, 0.2) is 24.3 Å². The Bertz CT molecular complexity index is 369. The molecule has 0 heterocycles.